The molecule has 14 heavy (non-hydrogen) atoms. The Morgan fingerprint density at radius 2 is 2.36 bits per heavy atom. The van der Waals surface area contributed by atoms with Gasteiger partial charge in [-0.05, 0) is 6.92 Å². The Morgan fingerprint density at radius 1 is 1.71 bits per heavy atom. The van der Waals surface area contributed by atoms with Gasteiger partial charge in [0.05, 0.1) is 5.75 Å². The molecule has 1 aromatic rings. The summed E-state index contributed by atoms with van der Waals surface area (Å²) in [6, 6.07) is -0.343. The summed E-state index contributed by atoms with van der Waals surface area (Å²) < 4.78 is 28.5. The summed E-state index contributed by atoms with van der Waals surface area (Å²) in [5, 5.41) is 8.45. The fraction of sp³-hybridized carbons (Fsp3) is 0.333. The van der Waals surface area contributed by atoms with Crippen LogP contribution in [0.25, 0.3) is 0 Å². The van der Waals surface area contributed by atoms with E-state index in [0.29, 0.717) is 0 Å². The van der Waals surface area contributed by atoms with E-state index in [-0.39, 0.29) is 17.5 Å². The molecule has 0 saturated heterocycles. The van der Waals surface area contributed by atoms with E-state index < -0.39 is 16.0 Å². The Kier molecular flexibility index (Phi) is 2.75. The van der Waals surface area contributed by atoms with Crippen LogP contribution in [0.3, 0.4) is 0 Å². The second-order valence-electron chi connectivity index (χ2n) is 2.35. The lowest BCUT2D eigenvalue weighted by molar-refractivity contribution is 0.0690. The Bertz CT molecular complexity index is 435. The third kappa shape index (κ3) is 2.46. The number of rotatable bonds is 4. The topological polar surface area (TPSA) is 110 Å². The van der Waals surface area contributed by atoms with E-state index in [9.17, 15) is 13.2 Å². The van der Waals surface area contributed by atoms with Gasteiger partial charge in [-0.15, -0.1) is 0 Å². The van der Waals surface area contributed by atoms with Crippen LogP contribution in [-0.2, 0) is 10.0 Å². The largest absolute Gasteiger partial charge is 0.476 e. The maximum absolute atomic E-state index is 11.0. The van der Waals surface area contributed by atoms with Crippen LogP contribution in [0.1, 0.15) is 17.4 Å². The van der Waals surface area contributed by atoms with Crippen molar-refractivity contribution in [2.75, 3.05) is 10.5 Å². The van der Waals surface area contributed by atoms with Gasteiger partial charge in [-0.1, -0.05) is 0 Å². The van der Waals surface area contributed by atoms with Crippen LogP contribution in [0.2, 0.25) is 0 Å². The van der Waals surface area contributed by atoms with Crippen molar-refractivity contribution in [3.05, 3.63) is 12.0 Å². The van der Waals surface area contributed by atoms with E-state index in [1.54, 1.807) is 0 Å². The number of aromatic nitrogens is 1. The number of nitrogens with one attached hydrogen (secondary N) is 1. The molecular weight excluding hydrogens is 212 g/mol. The molecule has 1 aromatic heterocycles. The SMILES string of the molecule is CCS(=O)(=O)Nc1nc(C(=O)O)co1. The minimum atomic E-state index is -3.48. The van der Waals surface area contributed by atoms with Crippen LogP contribution >= 0.6 is 0 Å². The standard InChI is InChI=1S/C6H8N2O5S/c1-2-14(11,12)8-6-7-4(3-13-6)5(9)10/h3H,2H2,1H3,(H,7,8)(H,9,10). The lowest BCUT2D eigenvalue weighted by Gasteiger charge is -1.98. The highest BCUT2D eigenvalue weighted by Crippen LogP contribution is 2.09. The summed E-state index contributed by atoms with van der Waals surface area (Å²) in [6.07, 6.45) is 0.857. The zero-order valence-corrected chi connectivity index (χ0v) is 8.04. The first-order valence-electron chi connectivity index (χ1n) is 3.64. The second-order valence-corrected chi connectivity index (χ2v) is 4.36. The third-order valence-electron chi connectivity index (χ3n) is 1.35. The molecule has 7 nitrogen and oxygen atoms in total. The van der Waals surface area contributed by atoms with Gasteiger partial charge >= 0.3 is 12.0 Å². The van der Waals surface area contributed by atoms with Gasteiger partial charge in [0.25, 0.3) is 0 Å². The van der Waals surface area contributed by atoms with Crippen LogP contribution in [0, 0.1) is 0 Å². The van der Waals surface area contributed by atoms with Crippen LogP contribution in [0.15, 0.2) is 10.7 Å². The molecule has 1 rings (SSSR count). The molecule has 0 fully saturated rings. The smallest absolute Gasteiger partial charge is 0.357 e. The van der Waals surface area contributed by atoms with Crippen LogP contribution < -0.4 is 4.72 Å². The molecule has 0 aliphatic rings. The van der Waals surface area contributed by atoms with Gasteiger partial charge in [0.1, 0.15) is 6.26 Å². The van der Waals surface area contributed by atoms with E-state index in [1.165, 1.54) is 6.92 Å². The molecule has 0 bridgehead atoms. The number of anilines is 1. The van der Waals surface area contributed by atoms with Crippen molar-refractivity contribution < 1.29 is 22.7 Å². The average Bonchev–Trinajstić information content (AvgIpc) is 2.52. The minimum Gasteiger partial charge on any atom is -0.476 e. The average molecular weight is 220 g/mol. The highest BCUT2D eigenvalue weighted by atomic mass is 32.2. The maximum Gasteiger partial charge on any atom is 0.357 e. The molecule has 0 spiro atoms. The van der Waals surface area contributed by atoms with Crippen molar-refractivity contribution in [2.24, 2.45) is 0 Å². The molecular formula is C6H8N2O5S. The lowest BCUT2D eigenvalue weighted by Crippen LogP contribution is -2.14. The molecule has 0 atom stereocenters. The summed E-state index contributed by atoms with van der Waals surface area (Å²) in [7, 11) is -3.48. The number of oxazole rings is 1. The maximum atomic E-state index is 11.0. The molecule has 8 heteroatoms. The van der Waals surface area contributed by atoms with Crippen molar-refractivity contribution >= 4 is 22.0 Å². The number of aromatic carboxylic acids is 1. The van der Waals surface area contributed by atoms with Gasteiger partial charge in [-0.2, -0.15) is 4.98 Å². The number of nitrogens with zero attached hydrogens (tertiary/aromatic N) is 1. The van der Waals surface area contributed by atoms with Crippen LogP contribution in [0.4, 0.5) is 6.01 Å². The summed E-state index contributed by atoms with van der Waals surface area (Å²) in [5.41, 5.74) is -0.348. The molecule has 0 unspecified atom stereocenters. The number of hydrogen-bond donors (Lipinski definition) is 2. The lowest BCUT2D eigenvalue weighted by atomic mass is 10.5. The number of hydrogen-bond acceptors (Lipinski definition) is 5. The summed E-state index contributed by atoms with van der Waals surface area (Å²) >= 11 is 0. The number of sulfonamides is 1. The van der Waals surface area contributed by atoms with E-state index >= 15 is 0 Å². The molecule has 1 heterocycles. The normalized spacial score (nSPS) is 11.2. The summed E-state index contributed by atoms with van der Waals surface area (Å²) in [5.74, 6) is -1.42. The van der Waals surface area contributed by atoms with E-state index in [2.05, 4.69) is 9.40 Å². The fourth-order valence-corrected chi connectivity index (χ4v) is 1.13. The molecule has 0 radical (unpaired) electrons. The van der Waals surface area contributed by atoms with E-state index in [4.69, 9.17) is 5.11 Å². The Morgan fingerprint density at radius 3 is 2.79 bits per heavy atom. The van der Waals surface area contributed by atoms with Gasteiger partial charge in [-0.3, -0.25) is 0 Å². The van der Waals surface area contributed by atoms with Gasteiger partial charge in [-0.25, -0.2) is 17.9 Å². The Hall–Kier alpha value is -1.57. The molecule has 78 valence electrons. The molecule has 0 aliphatic heterocycles. The van der Waals surface area contributed by atoms with Gasteiger partial charge in [0.15, 0.2) is 5.69 Å². The molecule has 0 amide bonds. The highest BCUT2D eigenvalue weighted by Gasteiger charge is 2.14. The quantitative estimate of drug-likeness (QED) is 0.746. The van der Waals surface area contributed by atoms with Crippen molar-refractivity contribution in [1.82, 2.24) is 4.98 Å². The van der Waals surface area contributed by atoms with Crippen molar-refractivity contribution in [1.29, 1.82) is 0 Å². The van der Waals surface area contributed by atoms with Gasteiger partial charge in [0.2, 0.25) is 10.0 Å². The van der Waals surface area contributed by atoms with E-state index in [1.807, 2.05) is 4.72 Å². The first-order chi connectivity index (χ1) is 6.44. The van der Waals surface area contributed by atoms with Gasteiger partial charge in [0, 0.05) is 0 Å². The minimum absolute atomic E-state index is 0.141. The van der Waals surface area contributed by atoms with Crippen molar-refractivity contribution in [2.45, 2.75) is 6.92 Å². The Balaban J connectivity index is 2.84. The second kappa shape index (κ2) is 3.66. The van der Waals surface area contributed by atoms with Crippen LogP contribution in [-0.4, -0.2) is 30.2 Å². The molecule has 0 aromatic carbocycles. The molecule has 2 N–H and O–H groups in total. The number of carbonyl (C=O) groups is 1. The van der Waals surface area contributed by atoms with Crippen molar-refractivity contribution in [3.8, 4) is 0 Å². The molecule has 0 saturated carbocycles. The fourth-order valence-electron chi connectivity index (χ4n) is 0.624. The summed E-state index contributed by atoms with van der Waals surface area (Å²) in [4.78, 5) is 13.7. The Labute approximate surface area is 79.8 Å². The van der Waals surface area contributed by atoms with Crippen LogP contribution in [0.5, 0.6) is 0 Å². The third-order valence-corrected chi connectivity index (χ3v) is 2.59. The monoisotopic (exact) mass is 220 g/mol. The predicted molar refractivity (Wildman–Crippen MR) is 46.5 cm³/mol. The zero-order chi connectivity index (χ0) is 10.8. The van der Waals surface area contributed by atoms with E-state index in [0.717, 1.165) is 6.26 Å². The van der Waals surface area contributed by atoms with Crippen molar-refractivity contribution in [3.63, 3.8) is 0 Å². The highest BCUT2D eigenvalue weighted by molar-refractivity contribution is 7.92. The number of carboxylic acids is 1. The molecule has 0 aliphatic carbocycles. The first kappa shape index (κ1) is 10.5. The first-order valence-corrected chi connectivity index (χ1v) is 5.29. The number of carboxylic acid groups (broad SMARTS) is 1. The zero-order valence-electron chi connectivity index (χ0n) is 7.22. The summed E-state index contributed by atoms with van der Waals surface area (Å²) in [6.45, 7) is 1.43. The predicted octanol–water partition coefficient (Wildman–Crippen LogP) is 0.134. The van der Waals surface area contributed by atoms with Gasteiger partial charge < -0.3 is 9.52 Å².